The number of hydrogen-bond donors (Lipinski definition) is 1. The summed E-state index contributed by atoms with van der Waals surface area (Å²) in [6, 6.07) is 3.56. The summed E-state index contributed by atoms with van der Waals surface area (Å²) < 4.78 is 11.1. The van der Waals surface area contributed by atoms with E-state index >= 15 is 0 Å². The fourth-order valence-corrected chi connectivity index (χ4v) is 3.04. The van der Waals surface area contributed by atoms with E-state index in [4.69, 9.17) is 9.47 Å². The lowest BCUT2D eigenvalue weighted by Gasteiger charge is -2.10. The molecule has 0 fully saturated rings. The second-order valence-corrected chi connectivity index (χ2v) is 5.91. The van der Waals surface area contributed by atoms with Crippen LogP contribution in [0.4, 0.5) is 5.13 Å². The molecule has 0 spiro atoms. The Balaban J connectivity index is 1.89. The first-order chi connectivity index (χ1) is 10.1. The summed E-state index contributed by atoms with van der Waals surface area (Å²) in [7, 11) is 1.58. The molecule has 0 radical (unpaired) electrons. The minimum atomic E-state index is -0.190. The van der Waals surface area contributed by atoms with Crippen LogP contribution in [0.1, 0.15) is 28.5 Å². The molecular weight excluding hydrogens is 288 g/mol. The van der Waals surface area contributed by atoms with E-state index in [1.807, 2.05) is 25.3 Å². The van der Waals surface area contributed by atoms with Crippen molar-refractivity contribution in [2.75, 3.05) is 12.4 Å². The molecule has 1 aromatic heterocycles. The molecule has 5 nitrogen and oxygen atoms in total. The van der Waals surface area contributed by atoms with Gasteiger partial charge in [-0.15, -0.1) is 11.3 Å². The van der Waals surface area contributed by atoms with E-state index in [1.54, 1.807) is 13.2 Å². The Bertz CT molecular complexity index is 696. The van der Waals surface area contributed by atoms with Crippen molar-refractivity contribution < 1.29 is 14.3 Å². The normalized spacial score (nSPS) is 16.2. The average molecular weight is 304 g/mol. The molecular formula is C15H16N2O3S. The van der Waals surface area contributed by atoms with Crippen LogP contribution in [0.3, 0.4) is 0 Å². The molecule has 0 aliphatic carbocycles. The number of anilines is 1. The monoisotopic (exact) mass is 304 g/mol. The number of hydrogen-bond acceptors (Lipinski definition) is 5. The summed E-state index contributed by atoms with van der Waals surface area (Å²) in [5.74, 6) is 1.15. The minimum Gasteiger partial charge on any atom is -0.493 e. The minimum absolute atomic E-state index is 0.105. The number of carbonyl (C=O) groups excluding carboxylic acids is 1. The van der Waals surface area contributed by atoms with Gasteiger partial charge in [0.2, 0.25) is 0 Å². The maximum absolute atomic E-state index is 12.3. The molecule has 0 unspecified atom stereocenters. The van der Waals surface area contributed by atoms with Gasteiger partial charge in [0, 0.05) is 22.9 Å². The first-order valence-corrected chi connectivity index (χ1v) is 7.56. The Morgan fingerprint density at radius 1 is 1.52 bits per heavy atom. The molecule has 1 aromatic carbocycles. The van der Waals surface area contributed by atoms with Crippen molar-refractivity contribution >= 4 is 22.4 Å². The summed E-state index contributed by atoms with van der Waals surface area (Å²) in [6.45, 7) is 3.89. The van der Waals surface area contributed by atoms with Crippen LogP contribution in [-0.2, 0) is 6.42 Å². The van der Waals surface area contributed by atoms with Gasteiger partial charge in [-0.3, -0.25) is 10.1 Å². The van der Waals surface area contributed by atoms with Crippen molar-refractivity contribution in [1.82, 2.24) is 4.98 Å². The number of carbonyl (C=O) groups is 1. The van der Waals surface area contributed by atoms with Crippen LogP contribution in [0, 0.1) is 6.92 Å². The summed E-state index contributed by atoms with van der Waals surface area (Å²) in [4.78, 5) is 16.6. The highest BCUT2D eigenvalue weighted by Gasteiger charge is 2.25. The van der Waals surface area contributed by atoms with Gasteiger partial charge < -0.3 is 9.47 Å². The fourth-order valence-electron chi connectivity index (χ4n) is 2.36. The predicted molar refractivity (Wildman–Crippen MR) is 81.6 cm³/mol. The van der Waals surface area contributed by atoms with E-state index in [9.17, 15) is 4.79 Å². The highest BCUT2D eigenvalue weighted by Crippen LogP contribution is 2.39. The van der Waals surface area contributed by atoms with E-state index in [0.29, 0.717) is 16.4 Å². The highest BCUT2D eigenvalue weighted by molar-refractivity contribution is 7.13. The second kappa shape index (κ2) is 5.37. The van der Waals surface area contributed by atoms with Crippen molar-refractivity contribution in [3.63, 3.8) is 0 Å². The molecule has 1 amide bonds. The third-order valence-corrected chi connectivity index (χ3v) is 4.16. The number of rotatable bonds is 3. The zero-order valence-electron chi connectivity index (χ0n) is 12.1. The molecule has 6 heteroatoms. The average Bonchev–Trinajstić information content (AvgIpc) is 3.02. The van der Waals surface area contributed by atoms with Gasteiger partial charge in [-0.25, -0.2) is 4.98 Å². The van der Waals surface area contributed by atoms with E-state index in [1.165, 1.54) is 11.3 Å². The number of benzene rings is 1. The molecule has 1 aliphatic rings. The van der Waals surface area contributed by atoms with E-state index in [0.717, 1.165) is 23.4 Å². The van der Waals surface area contributed by atoms with Gasteiger partial charge in [0.25, 0.3) is 5.91 Å². The number of thiazole rings is 1. The van der Waals surface area contributed by atoms with Crippen molar-refractivity contribution in [3.05, 3.63) is 34.3 Å². The van der Waals surface area contributed by atoms with Crippen LogP contribution in [0.15, 0.2) is 17.5 Å². The van der Waals surface area contributed by atoms with E-state index in [2.05, 4.69) is 10.3 Å². The molecule has 0 saturated carbocycles. The maximum atomic E-state index is 12.3. The molecule has 21 heavy (non-hydrogen) atoms. The Morgan fingerprint density at radius 2 is 2.33 bits per heavy atom. The van der Waals surface area contributed by atoms with Crippen molar-refractivity contribution in [3.8, 4) is 11.5 Å². The Kier molecular flexibility index (Phi) is 3.55. The van der Waals surface area contributed by atoms with Gasteiger partial charge in [0.1, 0.15) is 6.10 Å². The number of methoxy groups -OCH3 is 1. The third-order valence-electron chi connectivity index (χ3n) is 3.28. The van der Waals surface area contributed by atoms with Crippen molar-refractivity contribution in [2.45, 2.75) is 26.4 Å². The van der Waals surface area contributed by atoms with Gasteiger partial charge >= 0.3 is 0 Å². The lowest BCUT2D eigenvalue weighted by Crippen LogP contribution is -2.12. The van der Waals surface area contributed by atoms with Crippen molar-refractivity contribution in [2.24, 2.45) is 0 Å². The fraction of sp³-hybridized carbons (Fsp3) is 0.333. The summed E-state index contributed by atoms with van der Waals surface area (Å²) >= 11 is 1.41. The Morgan fingerprint density at radius 3 is 3.00 bits per heavy atom. The zero-order chi connectivity index (χ0) is 15.0. The van der Waals surface area contributed by atoms with Crippen LogP contribution in [0.5, 0.6) is 11.5 Å². The second-order valence-electron chi connectivity index (χ2n) is 5.05. The summed E-state index contributed by atoms with van der Waals surface area (Å²) in [5, 5.41) is 5.30. The maximum Gasteiger partial charge on any atom is 0.257 e. The SMILES string of the molecule is COc1cc(C(=O)Nc2nc(C)cs2)cc2c1O[C@H](C)C2. The quantitative estimate of drug-likeness (QED) is 0.947. The first-order valence-electron chi connectivity index (χ1n) is 6.68. The molecule has 110 valence electrons. The first kappa shape index (κ1) is 13.9. The van der Waals surface area contributed by atoms with Crippen LogP contribution < -0.4 is 14.8 Å². The predicted octanol–water partition coefficient (Wildman–Crippen LogP) is 3.04. The molecule has 1 aliphatic heterocycles. The standard InChI is InChI=1S/C15H16N2O3S/c1-8-7-21-15(16-8)17-14(18)11-5-10-4-9(2)20-13(10)12(6-11)19-3/h5-7,9H,4H2,1-3H3,(H,16,17,18)/t9-/m1/s1. The van der Waals surface area contributed by atoms with Gasteiger partial charge in [-0.05, 0) is 26.0 Å². The van der Waals surface area contributed by atoms with Crippen LogP contribution in [0.25, 0.3) is 0 Å². The highest BCUT2D eigenvalue weighted by atomic mass is 32.1. The largest absolute Gasteiger partial charge is 0.493 e. The molecule has 1 N–H and O–H groups in total. The number of aromatic nitrogens is 1. The number of ether oxygens (including phenoxy) is 2. The molecule has 0 bridgehead atoms. The number of aryl methyl sites for hydroxylation is 1. The lowest BCUT2D eigenvalue weighted by atomic mass is 10.1. The zero-order valence-corrected chi connectivity index (χ0v) is 12.9. The van der Waals surface area contributed by atoms with Crippen LogP contribution in [0.2, 0.25) is 0 Å². The summed E-state index contributed by atoms with van der Waals surface area (Å²) in [5.41, 5.74) is 2.45. The molecule has 1 atom stereocenters. The van der Waals surface area contributed by atoms with Gasteiger partial charge in [-0.1, -0.05) is 0 Å². The molecule has 2 heterocycles. The smallest absolute Gasteiger partial charge is 0.257 e. The third kappa shape index (κ3) is 2.71. The Labute approximate surface area is 126 Å². The molecule has 3 rings (SSSR count). The topological polar surface area (TPSA) is 60.5 Å². The van der Waals surface area contributed by atoms with Crippen molar-refractivity contribution in [1.29, 1.82) is 0 Å². The number of amides is 1. The molecule has 0 saturated heterocycles. The van der Waals surface area contributed by atoms with Crippen LogP contribution in [-0.4, -0.2) is 24.1 Å². The number of nitrogens with one attached hydrogen (secondary N) is 1. The summed E-state index contributed by atoms with van der Waals surface area (Å²) in [6.07, 6.45) is 0.886. The number of fused-ring (bicyclic) bond motifs is 1. The van der Waals surface area contributed by atoms with Gasteiger partial charge in [-0.2, -0.15) is 0 Å². The van der Waals surface area contributed by atoms with Gasteiger partial charge in [0.05, 0.1) is 12.8 Å². The number of nitrogens with zero attached hydrogens (tertiary/aromatic N) is 1. The van der Waals surface area contributed by atoms with Gasteiger partial charge in [0.15, 0.2) is 16.6 Å². The molecule has 2 aromatic rings. The Hall–Kier alpha value is -2.08. The van der Waals surface area contributed by atoms with E-state index < -0.39 is 0 Å². The van der Waals surface area contributed by atoms with Crippen LogP contribution >= 0.6 is 11.3 Å². The lowest BCUT2D eigenvalue weighted by molar-refractivity contribution is 0.102. The van der Waals surface area contributed by atoms with E-state index in [-0.39, 0.29) is 12.0 Å².